The van der Waals surface area contributed by atoms with Gasteiger partial charge in [-0.15, -0.1) is 0 Å². The lowest BCUT2D eigenvalue weighted by Crippen LogP contribution is -3.16. The molecule has 0 spiro atoms. The maximum atomic E-state index is 12.3. The number of methoxy groups -OCH3 is 1. The van der Waals surface area contributed by atoms with Gasteiger partial charge in [-0.2, -0.15) is 0 Å². The molecule has 2 atom stereocenters. The van der Waals surface area contributed by atoms with Gasteiger partial charge in [-0.05, 0) is 45.2 Å². The molecule has 122 valence electrons. The van der Waals surface area contributed by atoms with Crippen molar-refractivity contribution in [2.75, 3.05) is 26.7 Å². The molecular weight excluding hydrogens is 276 g/mol. The van der Waals surface area contributed by atoms with E-state index in [-0.39, 0.29) is 5.91 Å². The number of benzene rings is 1. The highest BCUT2D eigenvalue weighted by atomic mass is 16.5. The average molecular weight is 305 g/mol. The lowest BCUT2D eigenvalue weighted by Gasteiger charge is -2.30. The summed E-state index contributed by atoms with van der Waals surface area (Å²) in [6.07, 6.45) is 5.07. The number of carbonyl (C=O) groups is 1. The van der Waals surface area contributed by atoms with Gasteiger partial charge in [0.15, 0.2) is 0 Å². The van der Waals surface area contributed by atoms with E-state index in [1.807, 2.05) is 25.1 Å². The van der Waals surface area contributed by atoms with Crippen molar-refractivity contribution in [2.45, 2.75) is 45.6 Å². The molecule has 1 aromatic rings. The first-order valence-electron chi connectivity index (χ1n) is 8.39. The molecule has 22 heavy (non-hydrogen) atoms. The van der Waals surface area contributed by atoms with Crippen LogP contribution < -0.4 is 15.0 Å². The Morgan fingerprint density at radius 1 is 1.41 bits per heavy atom. The van der Waals surface area contributed by atoms with Gasteiger partial charge in [-0.25, -0.2) is 0 Å². The summed E-state index contributed by atoms with van der Waals surface area (Å²) in [7, 11) is 1.60. The van der Waals surface area contributed by atoms with Crippen molar-refractivity contribution in [3.05, 3.63) is 29.3 Å². The molecule has 1 saturated heterocycles. The number of carbonyl (C=O) groups excluding carboxylic acids is 1. The summed E-state index contributed by atoms with van der Waals surface area (Å²) in [4.78, 5) is 14.0. The van der Waals surface area contributed by atoms with Crippen LogP contribution in [0.2, 0.25) is 0 Å². The third kappa shape index (κ3) is 4.47. The van der Waals surface area contributed by atoms with Gasteiger partial charge in [0.1, 0.15) is 5.75 Å². The van der Waals surface area contributed by atoms with Crippen molar-refractivity contribution < 1.29 is 14.4 Å². The Labute approximate surface area is 133 Å². The van der Waals surface area contributed by atoms with Crippen LogP contribution in [0.4, 0.5) is 0 Å². The number of ether oxygens (including phenoxy) is 1. The van der Waals surface area contributed by atoms with E-state index in [1.165, 1.54) is 25.8 Å². The topological polar surface area (TPSA) is 42.8 Å². The molecular formula is C18H29N2O2+. The monoisotopic (exact) mass is 305 g/mol. The number of rotatable bonds is 6. The molecule has 1 amide bonds. The molecule has 1 aromatic carbocycles. The molecule has 4 nitrogen and oxygen atoms in total. The first-order chi connectivity index (χ1) is 10.6. The largest absolute Gasteiger partial charge is 0.496 e. The van der Waals surface area contributed by atoms with E-state index < -0.39 is 0 Å². The standard InChI is InChI=1S/C18H28N2O2/c1-14-8-9-17(22-3)16(13-14)18(21)19-10-6-12-20-11-5-4-7-15(20)2/h8-9,13,15H,4-7,10-12H2,1-3H3,(H,19,21)/p+1/t15-/m1/s1. The molecule has 1 fully saturated rings. The fourth-order valence-electron chi connectivity index (χ4n) is 3.24. The number of hydrogen-bond donors (Lipinski definition) is 2. The zero-order valence-corrected chi connectivity index (χ0v) is 14.1. The van der Waals surface area contributed by atoms with Gasteiger partial charge in [0, 0.05) is 13.0 Å². The molecule has 2 rings (SSSR count). The number of hydrogen-bond acceptors (Lipinski definition) is 2. The maximum Gasteiger partial charge on any atom is 0.255 e. The minimum atomic E-state index is -0.0396. The van der Waals surface area contributed by atoms with Gasteiger partial charge in [0.25, 0.3) is 5.91 Å². The van der Waals surface area contributed by atoms with Gasteiger partial charge >= 0.3 is 0 Å². The van der Waals surface area contributed by atoms with Gasteiger partial charge in [0.2, 0.25) is 0 Å². The normalized spacial score (nSPS) is 21.4. The second-order valence-electron chi connectivity index (χ2n) is 6.37. The van der Waals surface area contributed by atoms with Gasteiger partial charge in [-0.1, -0.05) is 11.6 Å². The summed E-state index contributed by atoms with van der Waals surface area (Å²) < 4.78 is 5.27. The second kappa shape index (κ2) is 8.18. The fraction of sp³-hybridized carbons (Fsp3) is 0.611. The third-order valence-electron chi connectivity index (χ3n) is 4.64. The summed E-state index contributed by atoms with van der Waals surface area (Å²) in [5.41, 5.74) is 1.69. The average Bonchev–Trinajstić information content (AvgIpc) is 2.52. The molecule has 0 aromatic heterocycles. The van der Waals surface area contributed by atoms with Crippen LogP contribution in [-0.2, 0) is 0 Å². The first-order valence-corrected chi connectivity index (χ1v) is 8.39. The highest BCUT2D eigenvalue weighted by Crippen LogP contribution is 2.19. The summed E-state index contributed by atoms with van der Waals surface area (Å²) in [5, 5.41) is 3.02. The quantitative estimate of drug-likeness (QED) is 0.784. The van der Waals surface area contributed by atoms with Crippen LogP contribution in [-0.4, -0.2) is 38.7 Å². The molecule has 4 heteroatoms. The van der Waals surface area contributed by atoms with Crippen molar-refractivity contribution in [1.29, 1.82) is 0 Å². The van der Waals surface area contributed by atoms with Crippen LogP contribution >= 0.6 is 0 Å². The zero-order chi connectivity index (χ0) is 15.9. The summed E-state index contributed by atoms with van der Waals surface area (Å²) >= 11 is 0. The number of quaternary nitrogens is 1. The number of aryl methyl sites for hydroxylation is 1. The van der Waals surface area contributed by atoms with Crippen LogP contribution in [0.5, 0.6) is 5.75 Å². The summed E-state index contributed by atoms with van der Waals surface area (Å²) in [5.74, 6) is 0.598. The molecule has 1 unspecified atom stereocenters. The Balaban J connectivity index is 1.79. The molecule has 0 radical (unpaired) electrons. The van der Waals surface area contributed by atoms with Crippen molar-refractivity contribution in [2.24, 2.45) is 0 Å². The predicted molar refractivity (Wildman–Crippen MR) is 88.7 cm³/mol. The van der Waals surface area contributed by atoms with E-state index in [0.29, 0.717) is 11.3 Å². The Hall–Kier alpha value is -1.55. The smallest absolute Gasteiger partial charge is 0.255 e. The Kier molecular flexibility index (Phi) is 6.25. The van der Waals surface area contributed by atoms with Gasteiger partial charge < -0.3 is 15.0 Å². The minimum Gasteiger partial charge on any atom is -0.496 e. The highest BCUT2D eigenvalue weighted by molar-refractivity contribution is 5.97. The number of amides is 1. The van der Waals surface area contributed by atoms with E-state index in [9.17, 15) is 4.79 Å². The fourth-order valence-corrected chi connectivity index (χ4v) is 3.24. The summed E-state index contributed by atoms with van der Waals surface area (Å²) in [6.45, 7) is 7.47. The van der Waals surface area contributed by atoms with Crippen molar-refractivity contribution >= 4 is 5.91 Å². The van der Waals surface area contributed by atoms with Crippen LogP contribution in [0, 0.1) is 6.92 Å². The van der Waals surface area contributed by atoms with Crippen LogP contribution in [0.1, 0.15) is 48.5 Å². The number of likely N-dealkylation sites (tertiary alicyclic amines) is 1. The third-order valence-corrected chi connectivity index (χ3v) is 4.64. The minimum absolute atomic E-state index is 0.0396. The molecule has 2 N–H and O–H groups in total. The van der Waals surface area contributed by atoms with Crippen molar-refractivity contribution in [1.82, 2.24) is 5.32 Å². The zero-order valence-electron chi connectivity index (χ0n) is 14.1. The van der Waals surface area contributed by atoms with E-state index in [2.05, 4.69) is 12.2 Å². The molecule has 1 aliphatic heterocycles. The van der Waals surface area contributed by atoms with E-state index in [4.69, 9.17) is 4.74 Å². The lowest BCUT2D eigenvalue weighted by molar-refractivity contribution is -0.928. The SMILES string of the molecule is COc1ccc(C)cc1C(=O)NCCC[NH+]1CCCC[C@H]1C. The van der Waals surface area contributed by atoms with Crippen molar-refractivity contribution in [3.8, 4) is 5.75 Å². The van der Waals surface area contributed by atoms with Crippen molar-refractivity contribution in [3.63, 3.8) is 0 Å². The highest BCUT2D eigenvalue weighted by Gasteiger charge is 2.21. The van der Waals surface area contributed by atoms with Crippen LogP contribution in [0.3, 0.4) is 0 Å². The second-order valence-corrected chi connectivity index (χ2v) is 6.37. The van der Waals surface area contributed by atoms with Crippen LogP contribution in [0.25, 0.3) is 0 Å². The Morgan fingerprint density at radius 3 is 2.95 bits per heavy atom. The van der Waals surface area contributed by atoms with Gasteiger partial charge in [0.05, 0.1) is 31.8 Å². The number of piperidine rings is 1. The van der Waals surface area contributed by atoms with Gasteiger partial charge in [-0.3, -0.25) is 4.79 Å². The molecule has 0 aliphatic carbocycles. The van der Waals surface area contributed by atoms with E-state index in [1.54, 1.807) is 12.0 Å². The lowest BCUT2D eigenvalue weighted by atomic mass is 10.0. The first kappa shape index (κ1) is 16.8. The Bertz CT molecular complexity index is 502. The molecule has 0 saturated carbocycles. The van der Waals surface area contributed by atoms with Crippen LogP contribution in [0.15, 0.2) is 18.2 Å². The molecule has 0 bridgehead atoms. The number of nitrogens with one attached hydrogen (secondary N) is 2. The molecule has 1 heterocycles. The maximum absolute atomic E-state index is 12.3. The van der Waals surface area contributed by atoms with E-state index in [0.717, 1.165) is 31.1 Å². The predicted octanol–water partition coefficient (Wildman–Crippen LogP) is 1.58. The Morgan fingerprint density at radius 2 is 2.23 bits per heavy atom. The van der Waals surface area contributed by atoms with E-state index >= 15 is 0 Å². The summed E-state index contributed by atoms with van der Waals surface area (Å²) in [6, 6.07) is 6.45. The molecule has 1 aliphatic rings.